The van der Waals surface area contributed by atoms with Gasteiger partial charge in [-0.05, 0) is 47.9 Å². The number of H-pyrrole nitrogens is 1. The van der Waals surface area contributed by atoms with E-state index in [4.69, 9.17) is 14.2 Å². The van der Waals surface area contributed by atoms with Crippen molar-refractivity contribution in [1.82, 2.24) is 15.5 Å². The van der Waals surface area contributed by atoms with Crippen LogP contribution < -0.4 is 19.5 Å². The lowest BCUT2D eigenvalue weighted by atomic mass is 9.95. The van der Waals surface area contributed by atoms with E-state index in [-0.39, 0.29) is 17.9 Å². The fourth-order valence-corrected chi connectivity index (χ4v) is 3.54. The zero-order chi connectivity index (χ0) is 21.1. The summed E-state index contributed by atoms with van der Waals surface area (Å²) in [4.78, 5) is 13.1. The third-order valence-corrected chi connectivity index (χ3v) is 5.14. The van der Waals surface area contributed by atoms with Crippen molar-refractivity contribution >= 4 is 5.91 Å². The van der Waals surface area contributed by atoms with Crippen molar-refractivity contribution in [1.29, 1.82) is 0 Å². The minimum absolute atomic E-state index is 0.174. The lowest BCUT2D eigenvalue weighted by Gasteiger charge is -2.25. The maximum Gasteiger partial charge on any atom is 0.255 e. The number of carbonyl (C=O) groups is 1. The molecule has 2 aromatic carbocycles. The molecule has 3 aromatic rings. The Bertz CT molecular complexity index is 1030. The highest BCUT2D eigenvalue weighted by Gasteiger charge is 2.24. The van der Waals surface area contributed by atoms with Gasteiger partial charge in [-0.25, -0.2) is 0 Å². The van der Waals surface area contributed by atoms with E-state index in [0.29, 0.717) is 30.2 Å². The predicted octanol–water partition coefficient (Wildman–Crippen LogP) is 3.98. The van der Waals surface area contributed by atoms with Crippen molar-refractivity contribution in [2.45, 2.75) is 19.9 Å². The Balaban J connectivity index is 1.58. The Morgan fingerprint density at radius 2 is 1.83 bits per heavy atom. The summed E-state index contributed by atoms with van der Waals surface area (Å²) in [6.45, 7) is 5.21. The molecule has 7 heteroatoms. The fraction of sp³-hybridized carbons (Fsp3) is 0.304. The standard InChI is InChI=1S/C23H25N3O4/c1-14(2)21(16-6-9-19-20(12-16)30-11-10-29-19)25-23(27)18-13-24-26-22(18)15-4-7-17(28-3)8-5-15/h4-9,12-14,21H,10-11H2,1-3H3,(H,24,26)(H,25,27). The van der Waals surface area contributed by atoms with E-state index in [1.54, 1.807) is 13.3 Å². The van der Waals surface area contributed by atoms with E-state index >= 15 is 0 Å². The van der Waals surface area contributed by atoms with Crippen LogP contribution in [0.1, 0.15) is 35.8 Å². The first-order chi connectivity index (χ1) is 14.6. The van der Waals surface area contributed by atoms with Crippen molar-refractivity contribution in [3.05, 3.63) is 59.8 Å². The highest BCUT2D eigenvalue weighted by molar-refractivity contribution is 6.00. The number of benzene rings is 2. The predicted molar refractivity (Wildman–Crippen MR) is 113 cm³/mol. The Kier molecular flexibility index (Phi) is 5.61. The maximum absolute atomic E-state index is 13.1. The number of aromatic amines is 1. The van der Waals surface area contributed by atoms with E-state index < -0.39 is 0 Å². The van der Waals surface area contributed by atoms with Gasteiger partial charge in [-0.3, -0.25) is 9.89 Å². The summed E-state index contributed by atoms with van der Waals surface area (Å²) in [5, 5.41) is 10.2. The number of nitrogens with one attached hydrogen (secondary N) is 2. The molecule has 2 heterocycles. The van der Waals surface area contributed by atoms with E-state index in [1.165, 1.54) is 0 Å². The summed E-state index contributed by atoms with van der Waals surface area (Å²) in [5.74, 6) is 2.18. The van der Waals surface area contributed by atoms with Gasteiger partial charge in [0.25, 0.3) is 5.91 Å². The second-order valence-corrected chi connectivity index (χ2v) is 7.49. The number of fused-ring (bicyclic) bond motifs is 1. The minimum atomic E-state index is -0.192. The van der Waals surface area contributed by atoms with E-state index in [9.17, 15) is 4.79 Å². The van der Waals surface area contributed by atoms with Gasteiger partial charge in [-0.1, -0.05) is 19.9 Å². The Morgan fingerprint density at radius 1 is 1.10 bits per heavy atom. The van der Waals surface area contributed by atoms with Gasteiger partial charge in [0.15, 0.2) is 11.5 Å². The van der Waals surface area contributed by atoms with Gasteiger partial charge in [0.05, 0.1) is 30.6 Å². The first-order valence-electron chi connectivity index (χ1n) is 9.95. The molecule has 7 nitrogen and oxygen atoms in total. The number of methoxy groups -OCH3 is 1. The molecule has 0 spiro atoms. The molecular formula is C23H25N3O4. The molecule has 0 aliphatic carbocycles. The zero-order valence-corrected chi connectivity index (χ0v) is 17.3. The molecular weight excluding hydrogens is 382 g/mol. The van der Waals surface area contributed by atoms with Crippen LogP contribution in [-0.2, 0) is 0 Å². The first-order valence-corrected chi connectivity index (χ1v) is 9.95. The molecule has 30 heavy (non-hydrogen) atoms. The van der Waals surface area contributed by atoms with Crippen LogP contribution in [-0.4, -0.2) is 36.4 Å². The van der Waals surface area contributed by atoms with Crippen molar-refractivity contribution in [3.8, 4) is 28.5 Å². The van der Waals surface area contributed by atoms with Crippen LogP contribution in [0.3, 0.4) is 0 Å². The van der Waals surface area contributed by atoms with Crippen LogP contribution in [0.25, 0.3) is 11.3 Å². The van der Waals surface area contributed by atoms with Crippen LogP contribution in [0.4, 0.5) is 0 Å². The molecule has 1 aliphatic rings. The summed E-state index contributed by atoms with van der Waals surface area (Å²) in [6, 6.07) is 13.1. The van der Waals surface area contributed by atoms with Crippen LogP contribution in [0.2, 0.25) is 0 Å². The summed E-state index contributed by atoms with van der Waals surface area (Å²) in [7, 11) is 1.62. The van der Waals surface area contributed by atoms with Crippen molar-refractivity contribution < 1.29 is 19.0 Å². The second-order valence-electron chi connectivity index (χ2n) is 7.49. The molecule has 2 N–H and O–H groups in total. The number of ether oxygens (including phenoxy) is 3. The molecule has 0 saturated carbocycles. The van der Waals surface area contributed by atoms with Gasteiger partial charge in [0, 0.05) is 5.56 Å². The van der Waals surface area contributed by atoms with Gasteiger partial charge < -0.3 is 19.5 Å². The lowest BCUT2D eigenvalue weighted by Crippen LogP contribution is -2.32. The molecule has 1 aliphatic heterocycles. The number of nitrogens with zero attached hydrogens (tertiary/aromatic N) is 1. The molecule has 0 fully saturated rings. The first kappa shape index (κ1) is 19.8. The van der Waals surface area contributed by atoms with Crippen molar-refractivity contribution in [2.24, 2.45) is 5.92 Å². The molecule has 1 atom stereocenters. The quantitative estimate of drug-likeness (QED) is 0.646. The average Bonchev–Trinajstić information content (AvgIpc) is 3.27. The topological polar surface area (TPSA) is 85.5 Å². The smallest absolute Gasteiger partial charge is 0.255 e. The summed E-state index contributed by atoms with van der Waals surface area (Å²) in [6.07, 6.45) is 1.55. The Morgan fingerprint density at radius 3 is 2.53 bits per heavy atom. The van der Waals surface area contributed by atoms with Crippen LogP contribution in [0, 0.1) is 5.92 Å². The highest BCUT2D eigenvalue weighted by atomic mass is 16.6. The molecule has 1 unspecified atom stereocenters. The Labute approximate surface area is 175 Å². The summed E-state index contributed by atoms with van der Waals surface area (Å²) in [5.41, 5.74) is 2.99. The summed E-state index contributed by atoms with van der Waals surface area (Å²) < 4.78 is 16.5. The SMILES string of the molecule is COc1ccc(-c2[nH]ncc2C(=O)NC(c2ccc3c(c2)OCCO3)C(C)C)cc1. The van der Waals surface area contributed by atoms with Crippen LogP contribution in [0.5, 0.6) is 17.2 Å². The van der Waals surface area contributed by atoms with Gasteiger partial charge in [-0.15, -0.1) is 0 Å². The molecule has 0 radical (unpaired) electrons. The largest absolute Gasteiger partial charge is 0.497 e. The number of rotatable bonds is 6. The van der Waals surface area contributed by atoms with Gasteiger partial charge in [0.2, 0.25) is 0 Å². The van der Waals surface area contributed by atoms with Gasteiger partial charge in [0.1, 0.15) is 19.0 Å². The lowest BCUT2D eigenvalue weighted by molar-refractivity contribution is 0.0926. The molecule has 156 valence electrons. The van der Waals surface area contributed by atoms with Crippen molar-refractivity contribution in [2.75, 3.05) is 20.3 Å². The summed E-state index contributed by atoms with van der Waals surface area (Å²) >= 11 is 0. The Hall–Kier alpha value is -3.48. The molecule has 0 saturated heterocycles. The molecule has 1 aromatic heterocycles. The average molecular weight is 407 g/mol. The van der Waals surface area contributed by atoms with E-state index in [0.717, 1.165) is 22.6 Å². The molecule has 1 amide bonds. The highest BCUT2D eigenvalue weighted by Crippen LogP contribution is 2.34. The molecule has 4 rings (SSSR count). The number of hydrogen-bond acceptors (Lipinski definition) is 5. The second kappa shape index (κ2) is 8.49. The number of carbonyl (C=O) groups excluding carboxylic acids is 1. The third-order valence-electron chi connectivity index (χ3n) is 5.14. The minimum Gasteiger partial charge on any atom is -0.497 e. The number of hydrogen-bond donors (Lipinski definition) is 2. The maximum atomic E-state index is 13.1. The molecule has 0 bridgehead atoms. The van der Waals surface area contributed by atoms with Crippen molar-refractivity contribution in [3.63, 3.8) is 0 Å². The fourth-order valence-electron chi connectivity index (χ4n) is 3.54. The van der Waals surface area contributed by atoms with Gasteiger partial charge >= 0.3 is 0 Å². The van der Waals surface area contributed by atoms with E-state index in [2.05, 4.69) is 29.4 Å². The van der Waals surface area contributed by atoms with E-state index in [1.807, 2.05) is 42.5 Å². The van der Waals surface area contributed by atoms with Gasteiger partial charge in [-0.2, -0.15) is 5.10 Å². The number of aromatic nitrogens is 2. The van der Waals surface area contributed by atoms with Crippen LogP contribution in [0.15, 0.2) is 48.7 Å². The zero-order valence-electron chi connectivity index (χ0n) is 17.3. The normalized spacial score (nSPS) is 13.7. The number of amides is 1. The monoisotopic (exact) mass is 407 g/mol. The third kappa shape index (κ3) is 3.96. The van der Waals surface area contributed by atoms with Crippen LogP contribution >= 0.6 is 0 Å².